The van der Waals surface area contributed by atoms with Crippen molar-refractivity contribution in [2.24, 2.45) is 0 Å². The first-order valence-corrected chi connectivity index (χ1v) is 8.86. The number of halogens is 7. The second-order valence-electron chi connectivity index (χ2n) is 4.23. The quantitative estimate of drug-likeness (QED) is 0.682. The van der Waals surface area contributed by atoms with Crippen LogP contribution in [-0.4, -0.2) is 40.0 Å². The van der Waals surface area contributed by atoms with E-state index in [1.807, 2.05) is 0 Å². The summed E-state index contributed by atoms with van der Waals surface area (Å²) in [5.41, 5.74) is -5.80. The number of rotatable bonds is 6. The molecule has 0 heterocycles. The van der Waals surface area contributed by atoms with Crippen molar-refractivity contribution in [1.82, 2.24) is 0 Å². The summed E-state index contributed by atoms with van der Waals surface area (Å²) in [6, 6.07) is 1.81. The summed E-state index contributed by atoms with van der Waals surface area (Å²) in [4.78, 5) is -0.956. The minimum atomic E-state index is -5.99. The molecule has 0 radical (unpaired) electrons. The largest absolute Gasteiger partial charge is 0.498 e. The van der Waals surface area contributed by atoms with Crippen LogP contribution in [0.3, 0.4) is 0 Å². The molecule has 0 aliphatic carbocycles. The Bertz CT molecular complexity index is 782. The Hall–Kier alpha value is -1.57. The maximum absolute atomic E-state index is 12.6. The molecule has 0 spiro atoms. The Kier molecular flexibility index (Phi) is 5.45. The van der Waals surface area contributed by atoms with E-state index in [1.165, 1.54) is 0 Å². The molecule has 0 aromatic heterocycles. The SMILES string of the molecule is O=S(=O)(CS(=O)(=O)C(F)(F)F)c1ccc(OC(F)(F)C(F)F)cc1. The molecule has 5 nitrogen and oxygen atoms in total. The minimum absolute atomic E-state index is 0.443. The number of hydrogen-bond acceptors (Lipinski definition) is 5. The highest BCUT2D eigenvalue weighted by atomic mass is 32.3. The lowest BCUT2D eigenvalue weighted by Crippen LogP contribution is -2.33. The van der Waals surface area contributed by atoms with Gasteiger partial charge in [-0.2, -0.15) is 30.7 Å². The fourth-order valence-electron chi connectivity index (χ4n) is 1.26. The van der Waals surface area contributed by atoms with E-state index in [-0.39, 0.29) is 0 Å². The van der Waals surface area contributed by atoms with Crippen LogP contribution in [0.15, 0.2) is 29.2 Å². The first kappa shape index (κ1) is 20.5. The highest BCUT2D eigenvalue weighted by Crippen LogP contribution is 2.30. The second kappa shape index (κ2) is 6.38. The molecule has 0 unspecified atom stereocenters. The van der Waals surface area contributed by atoms with Crippen LogP contribution < -0.4 is 4.74 Å². The van der Waals surface area contributed by atoms with Gasteiger partial charge in [-0.15, -0.1) is 0 Å². The lowest BCUT2D eigenvalue weighted by atomic mass is 10.3. The molecule has 14 heteroatoms. The summed E-state index contributed by atoms with van der Waals surface area (Å²) in [7, 11) is -11.0. The molecule has 1 rings (SSSR count). The van der Waals surface area contributed by atoms with Gasteiger partial charge in [0.05, 0.1) is 4.90 Å². The monoisotopic (exact) mass is 404 g/mol. The van der Waals surface area contributed by atoms with Crippen molar-refractivity contribution in [2.45, 2.75) is 22.9 Å². The first-order valence-electron chi connectivity index (χ1n) is 5.55. The highest BCUT2D eigenvalue weighted by molar-refractivity contribution is 8.08. The summed E-state index contributed by atoms with van der Waals surface area (Å²) >= 11 is 0. The number of benzene rings is 1. The van der Waals surface area contributed by atoms with Gasteiger partial charge >= 0.3 is 18.0 Å². The van der Waals surface area contributed by atoms with Crippen molar-refractivity contribution in [3.8, 4) is 5.75 Å². The summed E-state index contributed by atoms with van der Waals surface area (Å²) < 4.78 is 134. The Morgan fingerprint density at radius 3 is 1.75 bits per heavy atom. The molecule has 0 saturated carbocycles. The molecule has 138 valence electrons. The Morgan fingerprint density at radius 1 is 0.917 bits per heavy atom. The molecule has 0 saturated heterocycles. The highest BCUT2D eigenvalue weighted by Gasteiger charge is 2.48. The summed E-state index contributed by atoms with van der Waals surface area (Å²) in [6.45, 7) is 0. The van der Waals surface area contributed by atoms with Gasteiger partial charge in [0, 0.05) is 0 Å². The van der Waals surface area contributed by atoms with Crippen LogP contribution in [0.25, 0.3) is 0 Å². The van der Waals surface area contributed by atoms with Crippen molar-refractivity contribution in [3.05, 3.63) is 24.3 Å². The molecule has 1 aromatic carbocycles. The number of alkyl halides is 7. The smallest absolute Gasteiger partial charge is 0.428 e. The average Bonchev–Trinajstić information content (AvgIpc) is 2.36. The third kappa shape index (κ3) is 4.72. The van der Waals surface area contributed by atoms with Crippen LogP contribution in [0.4, 0.5) is 30.7 Å². The van der Waals surface area contributed by atoms with Gasteiger partial charge in [0.1, 0.15) is 5.75 Å². The van der Waals surface area contributed by atoms with Gasteiger partial charge in [0.15, 0.2) is 14.9 Å². The molecule has 0 aliphatic heterocycles. The van der Waals surface area contributed by atoms with E-state index in [1.54, 1.807) is 0 Å². The predicted octanol–water partition coefficient (Wildman–Crippen LogP) is 2.59. The van der Waals surface area contributed by atoms with Gasteiger partial charge in [0.2, 0.25) is 0 Å². The lowest BCUT2D eigenvalue weighted by molar-refractivity contribution is -0.253. The van der Waals surface area contributed by atoms with Gasteiger partial charge in [-0.1, -0.05) is 0 Å². The number of ether oxygens (including phenoxy) is 1. The van der Waals surface area contributed by atoms with Gasteiger partial charge in [-0.25, -0.2) is 16.8 Å². The molecule has 0 amide bonds. The predicted molar refractivity (Wildman–Crippen MR) is 65.0 cm³/mol. The summed E-state index contributed by atoms with van der Waals surface area (Å²) in [5, 5.41) is -2.29. The first-order chi connectivity index (χ1) is 10.6. The Labute approximate surface area is 130 Å². The minimum Gasteiger partial charge on any atom is -0.428 e. The molecule has 0 aliphatic rings. The van der Waals surface area contributed by atoms with E-state index in [0.717, 1.165) is 0 Å². The second-order valence-corrected chi connectivity index (χ2v) is 8.57. The third-order valence-corrected chi connectivity index (χ3v) is 6.53. The summed E-state index contributed by atoms with van der Waals surface area (Å²) in [6.07, 6.45) is -9.06. The lowest BCUT2D eigenvalue weighted by Gasteiger charge is -2.16. The third-order valence-electron chi connectivity index (χ3n) is 2.35. The van der Waals surface area contributed by atoms with E-state index in [4.69, 9.17) is 0 Å². The zero-order valence-electron chi connectivity index (χ0n) is 11.1. The molecule has 0 atom stereocenters. The molecule has 0 N–H and O–H groups in total. The number of sulfone groups is 2. The fourth-order valence-corrected chi connectivity index (χ4v) is 4.52. The fraction of sp³-hybridized carbons (Fsp3) is 0.400. The van der Waals surface area contributed by atoms with Crippen LogP contribution in [0.1, 0.15) is 0 Å². The molecule has 0 fully saturated rings. The van der Waals surface area contributed by atoms with Crippen molar-refractivity contribution in [2.75, 3.05) is 5.08 Å². The number of hydrogen-bond donors (Lipinski definition) is 0. The molecular formula is C10H7F7O5S2. The van der Waals surface area contributed by atoms with Crippen LogP contribution in [-0.2, 0) is 19.7 Å². The Morgan fingerprint density at radius 2 is 1.38 bits per heavy atom. The van der Waals surface area contributed by atoms with Crippen LogP contribution in [0.5, 0.6) is 5.75 Å². The van der Waals surface area contributed by atoms with Gasteiger partial charge in [-0.3, -0.25) is 0 Å². The topological polar surface area (TPSA) is 77.5 Å². The van der Waals surface area contributed by atoms with E-state index < -0.39 is 53.4 Å². The normalized spacial score (nSPS) is 14.0. The zero-order chi connectivity index (χ0) is 19.0. The van der Waals surface area contributed by atoms with E-state index in [9.17, 15) is 47.6 Å². The van der Waals surface area contributed by atoms with Crippen molar-refractivity contribution in [1.29, 1.82) is 0 Å². The van der Waals surface area contributed by atoms with E-state index in [0.29, 0.717) is 24.3 Å². The molecule has 1 aromatic rings. The van der Waals surface area contributed by atoms with Crippen molar-refractivity contribution < 1.29 is 52.3 Å². The van der Waals surface area contributed by atoms with Crippen LogP contribution in [0.2, 0.25) is 0 Å². The van der Waals surface area contributed by atoms with E-state index >= 15 is 0 Å². The van der Waals surface area contributed by atoms with Gasteiger partial charge in [-0.05, 0) is 24.3 Å². The maximum Gasteiger partial charge on any atom is 0.498 e. The van der Waals surface area contributed by atoms with E-state index in [2.05, 4.69) is 4.74 Å². The van der Waals surface area contributed by atoms with Gasteiger partial charge in [0.25, 0.3) is 9.84 Å². The zero-order valence-corrected chi connectivity index (χ0v) is 12.7. The standard InChI is InChI=1S/C10H7F7O5S2/c11-8(12)9(13,14)22-6-1-3-7(4-2-6)23(18,19)5-24(20,21)10(15,16)17/h1-4,8H,5H2. The van der Waals surface area contributed by atoms with Crippen LogP contribution in [0, 0.1) is 0 Å². The van der Waals surface area contributed by atoms with Crippen LogP contribution >= 0.6 is 0 Å². The molecule has 0 bridgehead atoms. The average molecular weight is 404 g/mol. The molecular weight excluding hydrogens is 397 g/mol. The maximum atomic E-state index is 12.6. The van der Waals surface area contributed by atoms with Crippen molar-refractivity contribution in [3.63, 3.8) is 0 Å². The van der Waals surface area contributed by atoms with Crippen molar-refractivity contribution >= 4 is 19.7 Å². The molecule has 24 heavy (non-hydrogen) atoms. The van der Waals surface area contributed by atoms with Gasteiger partial charge < -0.3 is 4.74 Å². The Balaban J connectivity index is 3.05. The summed E-state index contributed by atoms with van der Waals surface area (Å²) in [5.74, 6) is -0.905.